The molecule has 2 rings (SSSR count). The first kappa shape index (κ1) is 19.0. The summed E-state index contributed by atoms with van der Waals surface area (Å²) in [6, 6.07) is 5.86. The van der Waals surface area contributed by atoms with E-state index in [9.17, 15) is 19.7 Å². The van der Waals surface area contributed by atoms with Crippen molar-refractivity contribution in [1.82, 2.24) is 4.98 Å². The molecule has 0 spiro atoms. The molecule has 1 aromatic heterocycles. The minimum atomic E-state index is -0.723. The van der Waals surface area contributed by atoms with Gasteiger partial charge in [-0.05, 0) is 26.8 Å². The number of esters is 2. The van der Waals surface area contributed by atoms with Crippen LogP contribution in [0, 0.1) is 17.0 Å². The van der Waals surface area contributed by atoms with E-state index in [4.69, 9.17) is 9.47 Å². The lowest BCUT2D eigenvalue weighted by Gasteiger charge is -2.15. The fourth-order valence-electron chi connectivity index (χ4n) is 2.55. The van der Waals surface area contributed by atoms with Gasteiger partial charge < -0.3 is 9.47 Å². The largest absolute Gasteiger partial charge is 0.462 e. The van der Waals surface area contributed by atoms with E-state index in [1.165, 1.54) is 24.4 Å². The second kappa shape index (κ2) is 8.19. The number of hydrogen-bond donors (Lipinski definition) is 0. The van der Waals surface area contributed by atoms with Gasteiger partial charge in [0.2, 0.25) is 0 Å². The van der Waals surface area contributed by atoms with Crippen LogP contribution in [0.3, 0.4) is 0 Å². The van der Waals surface area contributed by atoms with E-state index in [1.807, 2.05) is 0 Å². The fraction of sp³-hybridized carbons (Fsp3) is 0.278. The highest BCUT2D eigenvalue weighted by atomic mass is 16.6. The average Bonchev–Trinajstić information content (AvgIpc) is 2.61. The number of carbonyl (C=O) groups excluding carboxylic acids is 2. The van der Waals surface area contributed by atoms with Crippen LogP contribution in [-0.4, -0.2) is 35.1 Å². The third-order valence-electron chi connectivity index (χ3n) is 3.61. The van der Waals surface area contributed by atoms with E-state index in [0.717, 1.165) is 0 Å². The monoisotopic (exact) mass is 358 g/mol. The second-order valence-corrected chi connectivity index (χ2v) is 5.22. The van der Waals surface area contributed by atoms with Crippen molar-refractivity contribution in [3.8, 4) is 11.1 Å². The predicted octanol–water partition coefficient (Wildman–Crippen LogP) is 3.32. The minimum absolute atomic E-state index is 0.00621. The number of aryl methyl sites for hydroxylation is 1. The van der Waals surface area contributed by atoms with Crippen molar-refractivity contribution in [2.24, 2.45) is 0 Å². The fourth-order valence-corrected chi connectivity index (χ4v) is 2.55. The molecule has 0 aliphatic rings. The normalized spacial score (nSPS) is 10.3. The third kappa shape index (κ3) is 3.69. The Morgan fingerprint density at radius 1 is 1.12 bits per heavy atom. The number of nitro groups is 1. The topological polar surface area (TPSA) is 109 Å². The SMILES string of the molecule is CCOC(=O)c1cnc(C)c(C(=O)OCC)c1-c1ccccc1[N+](=O)[O-]. The Morgan fingerprint density at radius 3 is 2.35 bits per heavy atom. The van der Waals surface area contributed by atoms with Gasteiger partial charge in [0.25, 0.3) is 5.69 Å². The van der Waals surface area contributed by atoms with E-state index >= 15 is 0 Å². The van der Waals surface area contributed by atoms with E-state index < -0.39 is 16.9 Å². The average molecular weight is 358 g/mol. The van der Waals surface area contributed by atoms with Gasteiger partial charge >= 0.3 is 11.9 Å². The molecule has 0 aliphatic carbocycles. The zero-order valence-electron chi connectivity index (χ0n) is 14.6. The number of rotatable bonds is 6. The summed E-state index contributed by atoms with van der Waals surface area (Å²) in [6.07, 6.45) is 1.25. The van der Waals surface area contributed by atoms with Gasteiger partial charge in [-0.25, -0.2) is 9.59 Å². The third-order valence-corrected chi connectivity index (χ3v) is 3.61. The van der Waals surface area contributed by atoms with Gasteiger partial charge in [-0.15, -0.1) is 0 Å². The van der Waals surface area contributed by atoms with Crippen LogP contribution in [0.2, 0.25) is 0 Å². The first-order chi connectivity index (χ1) is 12.4. The number of pyridine rings is 1. The molecule has 8 heteroatoms. The Hall–Kier alpha value is -3.29. The summed E-state index contributed by atoms with van der Waals surface area (Å²) < 4.78 is 10.1. The van der Waals surface area contributed by atoms with E-state index in [2.05, 4.69) is 4.98 Å². The van der Waals surface area contributed by atoms with Crippen LogP contribution in [0.4, 0.5) is 5.69 Å². The molecule has 0 saturated heterocycles. The number of benzene rings is 1. The molecule has 0 saturated carbocycles. The first-order valence-electron chi connectivity index (χ1n) is 7.99. The van der Waals surface area contributed by atoms with E-state index in [1.54, 1.807) is 26.8 Å². The van der Waals surface area contributed by atoms with Crippen LogP contribution >= 0.6 is 0 Å². The second-order valence-electron chi connectivity index (χ2n) is 5.22. The van der Waals surface area contributed by atoms with Crippen LogP contribution in [0.25, 0.3) is 11.1 Å². The number of hydrogen-bond acceptors (Lipinski definition) is 7. The summed E-state index contributed by atoms with van der Waals surface area (Å²) in [5, 5.41) is 11.5. The number of para-hydroxylation sites is 1. The molecule has 26 heavy (non-hydrogen) atoms. The van der Waals surface area contributed by atoms with Crippen LogP contribution in [0.5, 0.6) is 0 Å². The van der Waals surface area contributed by atoms with Crippen molar-refractivity contribution in [3.63, 3.8) is 0 Å². The van der Waals surface area contributed by atoms with Crippen LogP contribution in [0.1, 0.15) is 40.3 Å². The Kier molecular flexibility index (Phi) is 6.00. The molecule has 8 nitrogen and oxygen atoms in total. The molecular weight excluding hydrogens is 340 g/mol. The van der Waals surface area contributed by atoms with Crippen molar-refractivity contribution in [2.75, 3.05) is 13.2 Å². The van der Waals surface area contributed by atoms with Gasteiger partial charge in [-0.1, -0.05) is 12.1 Å². The summed E-state index contributed by atoms with van der Waals surface area (Å²) >= 11 is 0. The molecule has 0 atom stereocenters. The lowest BCUT2D eigenvalue weighted by Crippen LogP contribution is -2.15. The molecule has 0 bridgehead atoms. The Morgan fingerprint density at radius 2 is 1.73 bits per heavy atom. The van der Waals surface area contributed by atoms with Crippen molar-refractivity contribution in [2.45, 2.75) is 20.8 Å². The standard InChI is InChI=1S/C18H18N2O6/c1-4-25-17(21)13-10-19-11(3)15(18(22)26-5-2)16(13)12-8-6-7-9-14(12)20(23)24/h6-10H,4-5H2,1-3H3. The summed E-state index contributed by atoms with van der Waals surface area (Å²) in [5.41, 5.74) is 0.233. The van der Waals surface area contributed by atoms with Gasteiger partial charge in [-0.3, -0.25) is 15.1 Å². The number of carbonyl (C=O) groups is 2. The number of nitro benzene ring substituents is 1. The van der Waals surface area contributed by atoms with E-state index in [-0.39, 0.29) is 41.2 Å². The molecule has 1 aromatic carbocycles. The van der Waals surface area contributed by atoms with Gasteiger partial charge in [0.15, 0.2) is 0 Å². The number of ether oxygens (including phenoxy) is 2. The zero-order chi connectivity index (χ0) is 19.3. The predicted molar refractivity (Wildman–Crippen MR) is 93.0 cm³/mol. The van der Waals surface area contributed by atoms with Crippen molar-refractivity contribution in [3.05, 3.63) is 57.4 Å². The summed E-state index contributed by atoms with van der Waals surface area (Å²) in [7, 11) is 0. The highest BCUT2D eigenvalue weighted by Gasteiger charge is 2.29. The molecule has 0 N–H and O–H groups in total. The molecule has 0 fully saturated rings. The van der Waals surface area contributed by atoms with Crippen molar-refractivity contribution >= 4 is 17.6 Å². The van der Waals surface area contributed by atoms with Crippen molar-refractivity contribution < 1.29 is 24.0 Å². The van der Waals surface area contributed by atoms with Gasteiger partial charge in [0.1, 0.15) is 0 Å². The smallest absolute Gasteiger partial charge is 0.340 e. The van der Waals surface area contributed by atoms with Crippen LogP contribution in [-0.2, 0) is 9.47 Å². The molecular formula is C18H18N2O6. The quantitative estimate of drug-likeness (QED) is 0.442. The summed E-state index contributed by atoms with van der Waals surface area (Å²) in [4.78, 5) is 39.8. The van der Waals surface area contributed by atoms with Crippen LogP contribution < -0.4 is 0 Å². The lowest BCUT2D eigenvalue weighted by atomic mass is 9.93. The Bertz CT molecular complexity index is 863. The summed E-state index contributed by atoms with van der Waals surface area (Å²) in [5.74, 6) is -1.43. The van der Waals surface area contributed by atoms with Crippen molar-refractivity contribution in [1.29, 1.82) is 0 Å². The first-order valence-corrected chi connectivity index (χ1v) is 7.99. The van der Waals surface area contributed by atoms with E-state index in [0.29, 0.717) is 5.69 Å². The van der Waals surface area contributed by atoms with Gasteiger partial charge in [-0.2, -0.15) is 0 Å². The molecule has 0 aliphatic heterocycles. The maximum Gasteiger partial charge on any atom is 0.340 e. The maximum atomic E-state index is 12.5. The Balaban J connectivity index is 2.87. The van der Waals surface area contributed by atoms with Gasteiger partial charge in [0.05, 0.1) is 40.5 Å². The molecule has 1 heterocycles. The summed E-state index contributed by atoms with van der Waals surface area (Å²) in [6.45, 7) is 5.06. The van der Waals surface area contributed by atoms with Gasteiger partial charge in [0, 0.05) is 17.8 Å². The Labute approximate surface area is 149 Å². The lowest BCUT2D eigenvalue weighted by molar-refractivity contribution is -0.384. The molecule has 0 unspecified atom stereocenters. The maximum absolute atomic E-state index is 12.5. The number of nitrogens with zero attached hydrogens (tertiary/aromatic N) is 2. The highest BCUT2D eigenvalue weighted by Crippen LogP contribution is 2.36. The molecule has 2 aromatic rings. The zero-order valence-corrected chi connectivity index (χ0v) is 14.6. The highest BCUT2D eigenvalue weighted by molar-refractivity contribution is 6.07. The molecule has 0 amide bonds. The van der Waals surface area contributed by atoms with Crippen LogP contribution in [0.15, 0.2) is 30.5 Å². The number of aromatic nitrogens is 1. The molecule has 136 valence electrons. The minimum Gasteiger partial charge on any atom is -0.462 e. The molecule has 0 radical (unpaired) electrons.